The lowest BCUT2D eigenvalue weighted by Gasteiger charge is -2.18. The van der Waals surface area contributed by atoms with Crippen LogP contribution in [0.4, 0.5) is 0 Å². The van der Waals surface area contributed by atoms with Crippen LogP contribution < -0.4 is 15.4 Å². The zero-order chi connectivity index (χ0) is 17.4. The van der Waals surface area contributed by atoms with Crippen molar-refractivity contribution in [3.8, 4) is 5.75 Å². The summed E-state index contributed by atoms with van der Waals surface area (Å²) in [6, 6.07) is 8.36. The number of hydrogen-bond donors (Lipinski definition) is 2. The largest absolute Gasteiger partial charge is 0.497 e. The molecule has 24 heavy (non-hydrogen) atoms. The number of likely N-dealkylation sites (tertiary alicyclic amines) is 1. The molecule has 2 N–H and O–H groups in total. The van der Waals surface area contributed by atoms with Crippen molar-refractivity contribution in [2.75, 3.05) is 33.8 Å². The van der Waals surface area contributed by atoms with Gasteiger partial charge in [0.25, 0.3) is 0 Å². The summed E-state index contributed by atoms with van der Waals surface area (Å²) in [6.07, 6.45) is 2.45. The molecule has 0 radical (unpaired) electrons. The fourth-order valence-electron chi connectivity index (χ4n) is 2.83. The Hall–Kier alpha value is -2.24. The van der Waals surface area contributed by atoms with Gasteiger partial charge in [0.05, 0.1) is 7.11 Å². The third-order valence-corrected chi connectivity index (χ3v) is 4.27. The number of nitrogens with one attached hydrogen (secondary N) is 2. The number of nitrogens with zero attached hydrogens (tertiary/aromatic N) is 2. The summed E-state index contributed by atoms with van der Waals surface area (Å²) in [6.45, 7) is 4.29. The van der Waals surface area contributed by atoms with Gasteiger partial charge in [-0.2, -0.15) is 0 Å². The Morgan fingerprint density at radius 2 is 2.12 bits per heavy atom. The van der Waals surface area contributed by atoms with Crippen LogP contribution in [0.3, 0.4) is 0 Å². The predicted molar refractivity (Wildman–Crippen MR) is 96.5 cm³/mol. The number of methoxy groups -OCH3 is 1. The van der Waals surface area contributed by atoms with Crippen LogP contribution in [0.15, 0.2) is 29.3 Å². The lowest BCUT2D eigenvalue weighted by molar-refractivity contribution is -0.129. The maximum Gasteiger partial charge on any atom is 0.222 e. The maximum atomic E-state index is 11.7. The van der Waals surface area contributed by atoms with E-state index in [0.717, 1.165) is 44.2 Å². The van der Waals surface area contributed by atoms with Crippen molar-refractivity contribution in [1.29, 1.82) is 0 Å². The van der Waals surface area contributed by atoms with Gasteiger partial charge in [-0.1, -0.05) is 19.1 Å². The van der Waals surface area contributed by atoms with Gasteiger partial charge in [-0.3, -0.25) is 9.79 Å². The normalized spacial score (nSPS) is 17.7. The highest BCUT2D eigenvalue weighted by molar-refractivity contribution is 5.80. The van der Waals surface area contributed by atoms with Crippen LogP contribution in [0.25, 0.3) is 0 Å². The van der Waals surface area contributed by atoms with E-state index in [9.17, 15) is 4.79 Å². The fourth-order valence-corrected chi connectivity index (χ4v) is 2.83. The smallest absolute Gasteiger partial charge is 0.222 e. The molecule has 0 bridgehead atoms. The molecule has 0 aliphatic carbocycles. The molecule has 1 aliphatic heterocycles. The van der Waals surface area contributed by atoms with Crippen LogP contribution in [0.1, 0.15) is 25.3 Å². The highest BCUT2D eigenvalue weighted by atomic mass is 16.5. The molecule has 1 aromatic rings. The van der Waals surface area contributed by atoms with E-state index in [2.05, 4.69) is 27.8 Å². The van der Waals surface area contributed by atoms with E-state index in [4.69, 9.17) is 4.74 Å². The third kappa shape index (κ3) is 5.15. The molecule has 1 aliphatic rings. The topological polar surface area (TPSA) is 66.0 Å². The molecule has 1 unspecified atom stereocenters. The third-order valence-electron chi connectivity index (χ3n) is 4.27. The molecule has 0 spiro atoms. The predicted octanol–water partition coefficient (Wildman–Crippen LogP) is 1.41. The fraction of sp³-hybridized carbons (Fsp3) is 0.556. The second kappa shape index (κ2) is 9.15. The van der Waals surface area contributed by atoms with Gasteiger partial charge in [0.15, 0.2) is 5.96 Å². The van der Waals surface area contributed by atoms with E-state index in [0.29, 0.717) is 6.42 Å². The molecule has 0 aromatic heterocycles. The summed E-state index contributed by atoms with van der Waals surface area (Å²) in [7, 11) is 3.44. The quantitative estimate of drug-likeness (QED) is 0.611. The molecule has 1 atom stereocenters. The first-order valence-electron chi connectivity index (χ1n) is 8.54. The zero-order valence-corrected chi connectivity index (χ0v) is 14.8. The Labute approximate surface area is 144 Å². The van der Waals surface area contributed by atoms with Crippen molar-refractivity contribution in [1.82, 2.24) is 15.5 Å². The highest BCUT2D eigenvalue weighted by Gasteiger charge is 2.25. The van der Waals surface area contributed by atoms with Gasteiger partial charge < -0.3 is 20.3 Å². The molecule has 132 valence electrons. The zero-order valence-electron chi connectivity index (χ0n) is 14.8. The van der Waals surface area contributed by atoms with Gasteiger partial charge in [0, 0.05) is 39.1 Å². The minimum atomic E-state index is 0.224. The lowest BCUT2D eigenvalue weighted by Crippen LogP contribution is -2.45. The standard InChI is InChI=1S/C18H28N4O2/c1-4-17(23)22-12-10-15(13-22)21-18(19-2)20-11-9-14-5-7-16(24-3)8-6-14/h5-8,15H,4,9-13H2,1-3H3,(H2,19,20,21). The van der Waals surface area contributed by atoms with E-state index < -0.39 is 0 Å². The minimum absolute atomic E-state index is 0.224. The second-order valence-corrected chi connectivity index (χ2v) is 5.92. The summed E-state index contributed by atoms with van der Waals surface area (Å²) < 4.78 is 5.16. The van der Waals surface area contributed by atoms with Gasteiger partial charge in [-0.15, -0.1) is 0 Å². The first kappa shape index (κ1) is 18.1. The van der Waals surface area contributed by atoms with Crippen molar-refractivity contribution < 1.29 is 9.53 Å². The number of hydrogen-bond acceptors (Lipinski definition) is 3. The highest BCUT2D eigenvalue weighted by Crippen LogP contribution is 2.12. The number of guanidine groups is 1. The molecule has 1 aromatic carbocycles. The average Bonchev–Trinajstić information content (AvgIpc) is 3.09. The van der Waals surface area contributed by atoms with Gasteiger partial charge in [-0.05, 0) is 30.5 Å². The molecule has 1 saturated heterocycles. The summed E-state index contributed by atoms with van der Waals surface area (Å²) >= 11 is 0. The number of carbonyl (C=O) groups excluding carboxylic acids is 1. The van der Waals surface area contributed by atoms with Crippen molar-refractivity contribution in [2.24, 2.45) is 4.99 Å². The molecule has 1 amide bonds. The second-order valence-electron chi connectivity index (χ2n) is 5.92. The molecule has 6 nitrogen and oxygen atoms in total. The van der Waals surface area contributed by atoms with Crippen molar-refractivity contribution in [3.05, 3.63) is 29.8 Å². The average molecular weight is 332 g/mol. The van der Waals surface area contributed by atoms with E-state index in [1.807, 2.05) is 24.0 Å². The van der Waals surface area contributed by atoms with Crippen molar-refractivity contribution in [2.45, 2.75) is 32.2 Å². The lowest BCUT2D eigenvalue weighted by atomic mass is 10.1. The van der Waals surface area contributed by atoms with Gasteiger partial charge >= 0.3 is 0 Å². The number of rotatable bonds is 6. The molecule has 6 heteroatoms. The monoisotopic (exact) mass is 332 g/mol. The van der Waals surface area contributed by atoms with E-state index in [1.54, 1.807) is 14.2 Å². The molecular formula is C18H28N4O2. The van der Waals surface area contributed by atoms with Crippen LogP contribution in [0.5, 0.6) is 5.75 Å². The van der Waals surface area contributed by atoms with E-state index in [1.165, 1.54) is 5.56 Å². The first-order valence-corrected chi connectivity index (χ1v) is 8.54. The summed E-state index contributed by atoms with van der Waals surface area (Å²) in [5, 5.41) is 6.74. The number of ether oxygens (including phenoxy) is 1. The van der Waals surface area contributed by atoms with E-state index in [-0.39, 0.29) is 11.9 Å². The number of aliphatic imine (C=N–C) groups is 1. The Morgan fingerprint density at radius 1 is 1.38 bits per heavy atom. The minimum Gasteiger partial charge on any atom is -0.497 e. The molecule has 1 heterocycles. The maximum absolute atomic E-state index is 11.7. The van der Waals surface area contributed by atoms with Crippen molar-refractivity contribution >= 4 is 11.9 Å². The Bertz CT molecular complexity index is 557. The summed E-state index contributed by atoms with van der Waals surface area (Å²) in [5.74, 6) is 1.89. The van der Waals surface area contributed by atoms with E-state index >= 15 is 0 Å². The van der Waals surface area contributed by atoms with Gasteiger partial charge in [-0.25, -0.2) is 0 Å². The first-order chi connectivity index (χ1) is 11.7. The molecular weight excluding hydrogens is 304 g/mol. The van der Waals surface area contributed by atoms with Crippen molar-refractivity contribution in [3.63, 3.8) is 0 Å². The van der Waals surface area contributed by atoms with Crippen LogP contribution in [0, 0.1) is 0 Å². The Kier molecular flexibility index (Phi) is 6.90. The van der Waals surface area contributed by atoms with Crippen LogP contribution in [0.2, 0.25) is 0 Å². The molecule has 2 rings (SSSR count). The number of amides is 1. The van der Waals surface area contributed by atoms with Gasteiger partial charge in [0.2, 0.25) is 5.91 Å². The molecule has 0 saturated carbocycles. The SMILES string of the molecule is CCC(=O)N1CCC(NC(=NC)NCCc2ccc(OC)cc2)C1. The molecule has 1 fully saturated rings. The number of carbonyl (C=O) groups is 1. The Balaban J connectivity index is 1.73. The number of benzene rings is 1. The van der Waals surface area contributed by atoms with Crippen LogP contribution >= 0.6 is 0 Å². The summed E-state index contributed by atoms with van der Waals surface area (Å²) in [5.41, 5.74) is 1.25. The van der Waals surface area contributed by atoms with Crippen LogP contribution in [-0.2, 0) is 11.2 Å². The van der Waals surface area contributed by atoms with Gasteiger partial charge in [0.1, 0.15) is 5.75 Å². The summed E-state index contributed by atoms with van der Waals surface area (Å²) in [4.78, 5) is 17.9. The Morgan fingerprint density at radius 3 is 2.75 bits per heavy atom. The van der Waals surface area contributed by atoms with Crippen LogP contribution in [-0.4, -0.2) is 56.6 Å².